The van der Waals surface area contributed by atoms with Crippen LogP contribution in [0, 0.1) is 5.82 Å². The van der Waals surface area contributed by atoms with E-state index in [9.17, 15) is 14.0 Å². The molecule has 0 spiro atoms. The van der Waals surface area contributed by atoms with E-state index >= 15 is 0 Å². The van der Waals surface area contributed by atoms with Crippen molar-refractivity contribution in [1.29, 1.82) is 0 Å². The summed E-state index contributed by atoms with van der Waals surface area (Å²) in [7, 11) is 0. The zero-order valence-electron chi connectivity index (χ0n) is 10.6. The Labute approximate surface area is 124 Å². The zero-order valence-corrected chi connectivity index (χ0v) is 11.4. The van der Waals surface area contributed by atoms with Crippen LogP contribution in [0.2, 0.25) is 5.02 Å². The van der Waals surface area contributed by atoms with Crippen molar-refractivity contribution < 1.29 is 19.1 Å². The third-order valence-electron chi connectivity index (χ3n) is 2.67. The number of aromatic nitrogens is 1. The molecule has 2 aromatic rings. The molecule has 7 heteroatoms. The second-order valence-corrected chi connectivity index (χ2v) is 4.56. The van der Waals surface area contributed by atoms with Crippen molar-refractivity contribution in [2.24, 2.45) is 0 Å². The van der Waals surface area contributed by atoms with Gasteiger partial charge in [0.15, 0.2) is 0 Å². The van der Waals surface area contributed by atoms with Gasteiger partial charge in [0.05, 0.1) is 28.4 Å². The van der Waals surface area contributed by atoms with E-state index in [4.69, 9.17) is 16.7 Å². The molecule has 0 atom stereocenters. The normalized spacial score (nSPS) is 10.2. The zero-order chi connectivity index (χ0) is 15.4. The van der Waals surface area contributed by atoms with Gasteiger partial charge in [-0.3, -0.25) is 9.78 Å². The van der Waals surface area contributed by atoms with E-state index in [1.54, 1.807) is 0 Å². The molecule has 0 aliphatic heterocycles. The minimum absolute atomic E-state index is 0.000235. The first-order valence-electron chi connectivity index (χ1n) is 5.89. The minimum atomic E-state index is -1.08. The van der Waals surface area contributed by atoms with Crippen LogP contribution in [-0.2, 0) is 6.54 Å². The Kier molecular flexibility index (Phi) is 4.49. The Hall–Kier alpha value is -2.47. The summed E-state index contributed by atoms with van der Waals surface area (Å²) in [6.07, 6.45) is 1.34. The van der Waals surface area contributed by atoms with Crippen LogP contribution in [0.3, 0.4) is 0 Å². The highest BCUT2D eigenvalue weighted by Gasteiger charge is 2.11. The predicted molar refractivity (Wildman–Crippen MR) is 73.8 cm³/mol. The fraction of sp³-hybridized carbons (Fsp3) is 0.0714. The van der Waals surface area contributed by atoms with Gasteiger partial charge in [0, 0.05) is 6.20 Å². The van der Waals surface area contributed by atoms with Gasteiger partial charge in [-0.15, -0.1) is 0 Å². The number of nitrogens with zero attached hydrogens (tertiary/aromatic N) is 1. The molecule has 1 amide bonds. The van der Waals surface area contributed by atoms with E-state index in [0.717, 1.165) is 12.1 Å². The summed E-state index contributed by atoms with van der Waals surface area (Å²) in [5.74, 6) is -2.11. The smallest absolute Gasteiger partial charge is 0.335 e. The Morgan fingerprint density at radius 2 is 2.05 bits per heavy atom. The van der Waals surface area contributed by atoms with Crippen molar-refractivity contribution in [2.45, 2.75) is 6.54 Å². The fourth-order valence-electron chi connectivity index (χ4n) is 1.65. The van der Waals surface area contributed by atoms with Gasteiger partial charge in [0.25, 0.3) is 5.91 Å². The summed E-state index contributed by atoms with van der Waals surface area (Å²) in [5, 5.41) is 11.4. The molecule has 21 heavy (non-hydrogen) atoms. The standard InChI is InChI=1S/C14H10ClFN2O3/c15-12-6-9(16)1-2-11(12)13(19)18-7-10-5-8(14(20)21)3-4-17-10/h1-6H,7H2,(H,18,19)(H,20,21). The summed E-state index contributed by atoms with van der Waals surface area (Å²) in [5.41, 5.74) is 0.600. The van der Waals surface area contributed by atoms with Crippen molar-refractivity contribution in [3.05, 3.63) is 64.2 Å². The Balaban J connectivity index is 2.07. The highest BCUT2D eigenvalue weighted by Crippen LogP contribution is 2.17. The van der Waals surface area contributed by atoms with E-state index in [2.05, 4.69) is 10.3 Å². The van der Waals surface area contributed by atoms with Crippen LogP contribution in [0.15, 0.2) is 36.5 Å². The van der Waals surface area contributed by atoms with Gasteiger partial charge in [0.2, 0.25) is 0 Å². The molecular weight excluding hydrogens is 299 g/mol. The summed E-state index contributed by atoms with van der Waals surface area (Å²) in [6, 6.07) is 6.15. The lowest BCUT2D eigenvalue weighted by Gasteiger charge is -2.07. The molecule has 2 rings (SSSR count). The maximum Gasteiger partial charge on any atom is 0.335 e. The number of carboxylic acid groups (broad SMARTS) is 1. The van der Waals surface area contributed by atoms with Crippen LogP contribution < -0.4 is 5.32 Å². The van der Waals surface area contributed by atoms with Gasteiger partial charge in [-0.05, 0) is 30.3 Å². The van der Waals surface area contributed by atoms with Crippen LogP contribution in [0.4, 0.5) is 4.39 Å². The average molecular weight is 309 g/mol. The number of carbonyl (C=O) groups is 2. The van der Waals surface area contributed by atoms with Crippen molar-refractivity contribution in [1.82, 2.24) is 10.3 Å². The molecular formula is C14H10ClFN2O3. The molecule has 0 unspecified atom stereocenters. The molecule has 1 aromatic carbocycles. The molecule has 1 aromatic heterocycles. The van der Waals surface area contributed by atoms with Gasteiger partial charge < -0.3 is 10.4 Å². The van der Waals surface area contributed by atoms with Gasteiger partial charge >= 0.3 is 5.97 Å². The molecule has 1 heterocycles. The number of benzene rings is 1. The molecule has 0 radical (unpaired) electrons. The van der Waals surface area contributed by atoms with Crippen LogP contribution in [0.1, 0.15) is 26.4 Å². The number of pyridine rings is 1. The van der Waals surface area contributed by atoms with E-state index < -0.39 is 17.7 Å². The fourth-order valence-corrected chi connectivity index (χ4v) is 1.90. The van der Waals surface area contributed by atoms with E-state index in [1.165, 1.54) is 24.4 Å². The topological polar surface area (TPSA) is 79.3 Å². The molecule has 0 fully saturated rings. The Morgan fingerprint density at radius 3 is 2.71 bits per heavy atom. The lowest BCUT2D eigenvalue weighted by molar-refractivity contribution is 0.0696. The third-order valence-corrected chi connectivity index (χ3v) is 2.98. The van der Waals surface area contributed by atoms with Crippen molar-refractivity contribution >= 4 is 23.5 Å². The van der Waals surface area contributed by atoms with Crippen LogP contribution in [0.5, 0.6) is 0 Å². The molecule has 5 nitrogen and oxygen atoms in total. The van der Waals surface area contributed by atoms with Crippen molar-refractivity contribution in [3.8, 4) is 0 Å². The summed E-state index contributed by atoms with van der Waals surface area (Å²) in [4.78, 5) is 26.7. The SMILES string of the molecule is O=C(O)c1ccnc(CNC(=O)c2ccc(F)cc2Cl)c1. The maximum absolute atomic E-state index is 12.9. The van der Waals surface area contributed by atoms with Gasteiger partial charge in [-0.25, -0.2) is 9.18 Å². The Bertz CT molecular complexity index is 706. The van der Waals surface area contributed by atoms with Gasteiger partial charge in [-0.2, -0.15) is 0 Å². The van der Waals surface area contributed by atoms with E-state index in [-0.39, 0.29) is 22.7 Å². The Morgan fingerprint density at radius 1 is 1.29 bits per heavy atom. The second kappa shape index (κ2) is 6.32. The molecule has 0 saturated carbocycles. The van der Waals surface area contributed by atoms with Crippen molar-refractivity contribution in [2.75, 3.05) is 0 Å². The first kappa shape index (κ1) is 14.9. The third kappa shape index (κ3) is 3.76. The largest absolute Gasteiger partial charge is 0.478 e. The van der Waals surface area contributed by atoms with E-state index in [0.29, 0.717) is 5.69 Å². The molecule has 0 aliphatic rings. The van der Waals surface area contributed by atoms with Gasteiger partial charge in [0.1, 0.15) is 5.82 Å². The minimum Gasteiger partial charge on any atom is -0.478 e. The number of carboxylic acids is 1. The maximum atomic E-state index is 12.9. The molecule has 0 saturated heterocycles. The predicted octanol–water partition coefficient (Wildman–Crippen LogP) is 2.50. The lowest BCUT2D eigenvalue weighted by Crippen LogP contribution is -2.23. The summed E-state index contributed by atoms with van der Waals surface area (Å²) < 4.78 is 12.9. The van der Waals surface area contributed by atoms with E-state index in [1.807, 2.05) is 0 Å². The molecule has 0 bridgehead atoms. The number of hydrogen-bond donors (Lipinski definition) is 2. The second-order valence-electron chi connectivity index (χ2n) is 4.15. The van der Waals surface area contributed by atoms with Crippen molar-refractivity contribution in [3.63, 3.8) is 0 Å². The number of amides is 1. The lowest BCUT2D eigenvalue weighted by atomic mass is 10.2. The number of rotatable bonds is 4. The number of hydrogen-bond acceptors (Lipinski definition) is 3. The number of halogens is 2. The monoisotopic (exact) mass is 308 g/mol. The van der Waals surface area contributed by atoms with Crippen LogP contribution in [0.25, 0.3) is 0 Å². The summed E-state index contributed by atoms with van der Waals surface area (Å²) in [6.45, 7) is 0.0354. The summed E-state index contributed by atoms with van der Waals surface area (Å²) >= 11 is 5.78. The van der Waals surface area contributed by atoms with Crippen LogP contribution in [-0.4, -0.2) is 22.0 Å². The number of aromatic carboxylic acids is 1. The van der Waals surface area contributed by atoms with Crippen LogP contribution >= 0.6 is 11.6 Å². The highest BCUT2D eigenvalue weighted by atomic mass is 35.5. The average Bonchev–Trinajstić information content (AvgIpc) is 2.45. The molecule has 0 aliphatic carbocycles. The molecule has 2 N–H and O–H groups in total. The number of carbonyl (C=O) groups excluding carboxylic acids is 1. The quantitative estimate of drug-likeness (QED) is 0.909. The molecule has 108 valence electrons. The van der Waals surface area contributed by atoms with Gasteiger partial charge in [-0.1, -0.05) is 11.6 Å². The highest BCUT2D eigenvalue weighted by molar-refractivity contribution is 6.33. The number of nitrogens with one attached hydrogen (secondary N) is 1. The first-order chi connectivity index (χ1) is 9.97. The first-order valence-corrected chi connectivity index (χ1v) is 6.26.